The van der Waals surface area contributed by atoms with Crippen molar-refractivity contribution in [2.75, 3.05) is 18.9 Å². The number of carbonyl (C=O) groups excluding carboxylic acids is 1. The summed E-state index contributed by atoms with van der Waals surface area (Å²) in [6, 6.07) is 0. The molecule has 37 heavy (non-hydrogen) atoms. The monoisotopic (exact) mass is 563 g/mol. The van der Waals surface area contributed by atoms with Gasteiger partial charge in [0, 0.05) is 31.8 Å². The van der Waals surface area contributed by atoms with Gasteiger partial charge in [-0.15, -0.1) is 0 Å². The third-order valence-corrected chi connectivity index (χ3v) is 8.54. The van der Waals surface area contributed by atoms with E-state index < -0.39 is 58.0 Å². The molecule has 18 nitrogen and oxygen atoms in total. The lowest BCUT2D eigenvalue weighted by atomic mass is 9.98. The number of H-pyrrole nitrogens is 1. The Labute approximate surface area is 207 Å². The number of nitrogens with zero attached hydrogens (tertiary/aromatic N) is 5. The van der Waals surface area contributed by atoms with Crippen molar-refractivity contribution in [3.05, 3.63) is 35.4 Å². The van der Waals surface area contributed by atoms with Gasteiger partial charge in [-0.2, -0.15) is 4.31 Å². The number of ether oxygens (including phenoxy) is 1. The molecule has 0 saturated carbocycles. The Balaban J connectivity index is 1.58. The molecule has 7 N–H and O–H groups in total. The van der Waals surface area contributed by atoms with Crippen LogP contribution in [0, 0.1) is 5.92 Å². The zero-order chi connectivity index (χ0) is 27.1. The van der Waals surface area contributed by atoms with Crippen molar-refractivity contribution >= 4 is 38.6 Å². The number of phosphoric ester groups is 1. The van der Waals surface area contributed by atoms with Gasteiger partial charge in [0.05, 0.1) is 19.8 Å². The molecule has 1 fully saturated rings. The van der Waals surface area contributed by atoms with Gasteiger partial charge in [0.25, 0.3) is 11.5 Å². The summed E-state index contributed by atoms with van der Waals surface area (Å²) in [7, 11) is -8.38. The highest BCUT2D eigenvalue weighted by Gasteiger charge is 2.49. The van der Waals surface area contributed by atoms with Crippen molar-refractivity contribution in [1.29, 1.82) is 0 Å². The van der Waals surface area contributed by atoms with Crippen LogP contribution >= 0.6 is 15.6 Å². The van der Waals surface area contributed by atoms with E-state index in [2.05, 4.69) is 24.6 Å². The number of nitrogen functional groups attached to an aromatic ring is 1. The Morgan fingerprint density at radius 1 is 1.41 bits per heavy atom. The molecule has 2 unspecified atom stereocenters. The molecule has 4 rings (SSSR count). The SMILES string of the molecule is CC(=O)NC[C@H]1[C@@H](O)[C@H]([n+]2cn(C)c3c(=O)[nH]c(N)nc32)O[C@@H]1COP(=O)(O)OP(=O)(O)n1ccnc1. The largest absolute Gasteiger partial charge is 0.480 e. The number of imidazole rings is 2. The van der Waals surface area contributed by atoms with Crippen molar-refractivity contribution in [2.45, 2.75) is 25.4 Å². The van der Waals surface area contributed by atoms with Crippen LogP contribution in [0.2, 0.25) is 0 Å². The molecule has 1 amide bonds. The van der Waals surface area contributed by atoms with Crippen LogP contribution in [0.25, 0.3) is 11.2 Å². The van der Waals surface area contributed by atoms with E-state index in [0.29, 0.717) is 4.34 Å². The van der Waals surface area contributed by atoms with Crippen molar-refractivity contribution in [3.8, 4) is 0 Å². The Hall–Kier alpha value is -2.95. The average Bonchev–Trinajstić information content (AvgIpc) is 3.49. The van der Waals surface area contributed by atoms with Crippen LogP contribution in [-0.4, -0.2) is 70.0 Å². The second kappa shape index (κ2) is 10.1. The first-order valence-electron chi connectivity index (χ1n) is 10.6. The molecule has 0 aromatic carbocycles. The summed E-state index contributed by atoms with van der Waals surface area (Å²) in [5.41, 5.74) is 5.36. The van der Waals surface area contributed by atoms with Crippen molar-refractivity contribution < 1.29 is 47.0 Å². The number of amides is 1. The van der Waals surface area contributed by atoms with E-state index in [1.54, 1.807) is 7.05 Å². The second-order valence-corrected chi connectivity index (χ2v) is 11.5. The quantitative estimate of drug-likeness (QED) is 0.123. The Bertz CT molecular complexity index is 1460. The maximum atomic E-state index is 12.4. The zero-order valence-electron chi connectivity index (χ0n) is 19.4. The highest BCUT2D eigenvalue weighted by Crippen LogP contribution is 2.60. The minimum Gasteiger partial charge on any atom is -0.386 e. The smallest absolute Gasteiger partial charge is 0.386 e. The molecule has 1 aliphatic heterocycles. The summed E-state index contributed by atoms with van der Waals surface area (Å²) < 4.78 is 43.4. The molecule has 202 valence electrons. The molecule has 4 heterocycles. The van der Waals surface area contributed by atoms with E-state index in [9.17, 15) is 33.6 Å². The summed E-state index contributed by atoms with van der Waals surface area (Å²) in [6.07, 6.45) is 0.940. The van der Waals surface area contributed by atoms with Crippen LogP contribution < -0.4 is 21.2 Å². The van der Waals surface area contributed by atoms with Gasteiger partial charge in [0.2, 0.25) is 17.7 Å². The van der Waals surface area contributed by atoms with Gasteiger partial charge in [-0.05, 0) is 0 Å². The first-order valence-corrected chi connectivity index (χ1v) is 13.7. The summed E-state index contributed by atoms with van der Waals surface area (Å²) in [5.74, 6) is -1.47. The lowest BCUT2D eigenvalue weighted by molar-refractivity contribution is -0.745. The van der Waals surface area contributed by atoms with Crippen molar-refractivity contribution in [1.82, 2.24) is 29.2 Å². The van der Waals surface area contributed by atoms with Gasteiger partial charge in [0.1, 0.15) is 12.4 Å². The van der Waals surface area contributed by atoms with E-state index in [1.165, 1.54) is 22.4 Å². The normalized spacial score (nSPS) is 25.1. The molecule has 0 aliphatic carbocycles. The van der Waals surface area contributed by atoms with Crippen LogP contribution in [0.4, 0.5) is 5.95 Å². The van der Waals surface area contributed by atoms with Gasteiger partial charge in [-0.3, -0.25) is 23.7 Å². The molecular weight excluding hydrogens is 538 g/mol. The summed E-state index contributed by atoms with van der Waals surface area (Å²) in [4.78, 5) is 53.9. The Morgan fingerprint density at radius 2 is 2.14 bits per heavy atom. The highest BCUT2D eigenvalue weighted by atomic mass is 31.3. The van der Waals surface area contributed by atoms with Crippen LogP contribution in [0.1, 0.15) is 13.2 Å². The lowest BCUT2D eigenvalue weighted by Crippen LogP contribution is -2.46. The number of nitrogens with one attached hydrogen (secondary N) is 2. The van der Waals surface area contributed by atoms with Gasteiger partial charge in [0.15, 0.2) is 6.33 Å². The van der Waals surface area contributed by atoms with Gasteiger partial charge < -0.3 is 30.7 Å². The van der Waals surface area contributed by atoms with E-state index in [0.717, 1.165) is 18.7 Å². The zero-order valence-corrected chi connectivity index (χ0v) is 21.2. The number of hydrogen-bond acceptors (Lipinski definition) is 11. The molecule has 0 radical (unpaired) electrons. The number of aromatic amines is 1. The van der Waals surface area contributed by atoms with Crippen LogP contribution in [0.5, 0.6) is 0 Å². The fourth-order valence-corrected chi connectivity index (χ4v) is 6.28. The number of aryl methyl sites for hydroxylation is 1. The number of aromatic nitrogens is 6. The first kappa shape index (κ1) is 27.1. The number of aliphatic hydroxyl groups is 1. The first-order chi connectivity index (χ1) is 17.3. The maximum Gasteiger partial charge on any atom is 0.480 e. The van der Waals surface area contributed by atoms with Crippen LogP contribution in [0.15, 0.2) is 29.8 Å². The predicted octanol–water partition coefficient (Wildman–Crippen LogP) is -1.88. The van der Waals surface area contributed by atoms with Crippen molar-refractivity contribution in [3.63, 3.8) is 0 Å². The highest BCUT2D eigenvalue weighted by molar-refractivity contribution is 7.63. The van der Waals surface area contributed by atoms with Gasteiger partial charge in [-0.25, -0.2) is 23.0 Å². The van der Waals surface area contributed by atoms with Crippen LogP contribution in [0.3, 0.4) is 0 Å². The minimum atomic E-state index is -5.13. The molecule has 6 atom stereocenters. The van der Waals surface area contributed by atoms with E-state index in [1.807, 2.05) is 0 Å². The maximum absolute atomic E-state index is 12.4. The number of fused-ring (bicyclic) bond motifs is 1. The topological polar surface area (TPSA) is 250 Å². The minimum absolute atomic E-state index is 0.0883. The van der Waals surface area contributed by atoms with Crippen LogP contribution in [-0.2, 0) is 34.5 Å². The predicted molar refractivity (Wildman–Crippen MR) is 122 cm³/mol. The van der Waals surface area contributed by atoms with E-state index in [4.69, 9.17) is 15.0 Å². The number of hydrogen-bond donors (Lipinski definition) is 6. The summed E-state index contributed by atoms with van der Waals surface area (Å²) in [5, 5.41) is 13.6. The third kappa shape index (κ3) is 5.66. The lowest BCUT2D eigenvalue weighted by Gasteiger charge is -2.21. The van der Waals surface area contributed by atoms with E-state index >= 15 is 0 Å². The summed E-state index contributed by atoms with van der Waals surface area (Å²) >= 11 is 0. The molecule has 3 aromatic rings. The van der Waals surface area contributed by atoms with E-state index in [-0.39, 0.29) is 23.7 Å². The molecule has 1 aliphatic rings. The average molecular weight is 563 g/mol. The fourth-order valence-electron chi connectivity index (χ4n) is 3.92. The van der Waals surface area contributed by atoms with Crippen molar-refractivity contribution in [2.24, 2.45) is 13.0 Å². The number of anilines is 1. The molecular formula is C17H25N8O10P2+. The number of carbonyl (C=O) groups is 1. The Kier molecular flexibility index (Phi) is 7.38. The number of phosphoric acid groups is 1. The molecule has 3 aromatic heterocycles. The fraction of sp³-hybridized carbons (Fsp3) is 0.471. The Morgan fingerprint density at radius 3 is 2.78 bits per heavy atom. The molecule has 0 spiro atoms. The third-order valence-electron chi connectivity index (χ3n) is 5.57. The molecule has 0 bridgehead atoms. The second-order valence-electron chi connectivity index (χ2n) is 8.19. The number of nitrogens with two attached hydrogens (primary N) is 1. The van der Waals surface area contributed by atoms with Gasteiger partial charge >= 0.3 is 21.2 Å². The standard InChI is InChI=1S/C17H24N8O10P2/c1-9(26)20-5-10-11(6-33-37(31,32)35-36(29,30)24-4-3-19-7-24)34-16(13(10)27)25-8-23(2)12-14(25)21-17(18)22-15(12)28/h3-4,7-8,10-11,13,16,27H,5-6H2,1-2H3,(H5-,18,20,21,22,26,28,29,30,31,32)/p+1/t10-,11-,13-,16-/m1/s1. The number of rotatable bonds is 9. The summed E-state index contributed by atoms with van der Waals surface area (Å²) in [6.45, 7) is 0.456. The van der Waals surface area contributed by atoms with Gasteiger partial charge in [-0.1, -0.05) is 4.98 Å². The molecule has 20 heteroatoms. The number of aliphatic hydroxyl groups excluding tert-OH is 1. The molecule has 1 saturated heterocycles.